The van der Waals surface area contributed by atoms with Crippen LogP contribution in [0.2, 0.25) is 5.02 Å². The number of piperazine rings is 1. The van der Waals surface area contributed by atoms with Gasteiger partial charge in [-0.15, -0.1) is 0 Å². The second-order valence-corrected chi connectivity index (χ2v) is 6.73. The van der Waals surface area contributed by atoms with Crippen LogP contribution in [-0.4, -0.2) is 56.4 Å². The molecule has 12 heteroatoms. The van der Waals surface area contributed by atoms with E-state index in [0.29, 0.717) is 23.8 Å². The van der Waals surface area contributed by atoms with E-state index in [9.17, 15) is 15.3 Å². The number of non-ortho nitro benzene ring substituents is 1. The third-order valence-electron chi connectivity index (χ3n) is 4.47. The number of rotatable bonds is 3. The summed E-state index contributed by atoms with van der Waals surface area (Å²) in [7, 11) is 0. The number of oxime groups is 1. The van der Waals surface area contributed by atoms with Crippen LogP contribution in [0.1, 0.15) is 19.5 Å². The highest BCUT2D eigenvalue weighted by Crippen LogP contribution is 2.32. The summed E-state index contributed by atoms with van der Waals surface area (Å²) in [6, 6.07) is 4.17. The standard InChI is InChI=1S/C15H18ClN7O4/c1-8-6-21(12-4-3-10(23(25)26)5-11(12)16)7-9(2)22(8)15(18-24)13-14(17)20-27-19-13/h3-5,8-9,24H,6-7H2,1-2H3,(H2,17,20)/b18-15+/t8-,9-/m1/s1. The zero-order valence-electron chi connectivity index (χ0n) is 14.6. The fourth-order valence-corrected chi connectivity index (χ4v) is 3.67. The quantitative estimate of drug-likeness (QED) is 0.261. The van der Waals surface area contributed by atoms with Crippen molar-refractivity contribution in [3.63, 3.8) is 0 Å². The normalized spacial score (nSPS) is 20.8. The van der Waals surface area contributed by atoms with Gasteiger partial charge in [0, 0.05) is 37.3 Å². The molecule has 144 valence electrons. The first-order valence-electron chi connectivity index (χ1n) is 8.11. The predicted octanol–water partition coefficient (Wildman–Crippen LogP) is 1.95. The number of nitro groups is 1. The first-order valence-corrected chi connectivity index (χ1v) is 8.49. The van der Waals surface area contributed by atoms with Crippen LogP contribution in [0.4, 0.5) is 17.2 Å². The van der Waals surface area contributed by atoms with E-state index in [1.807, 2.05) is 23.6 Å². The molecule has 27 heavy (non-hydrogen) atoms. The number of nitrogens with two attached hydrogens (primary N) is 1. The van der Waals surface area contributed by atoms with Crippen molar-refractivity contribution in [1.82, 2.24) is 15.2 Å². The molecule has 1 aromatic heterocycles. The highest BCUT2D eigenvalue weighted by atomic mass is 35.5. The summed E-state index contributed by atoms with van der Waals surface area (Å²) in [5.74, 6) is 0.200. The van der Waals surface area contributed by atoms with Gasteiger partial charge in [0.1, 0.15) is 0 Å². The molecule has 3 rings (SSSR count). The van der Waals surface area contributed by atoms with Crippen LogP contribution in [0.25, 0.3) is 0 Å². The summed E-state index contributed by atoms with van der Waals surface area (Å²) < 4.78 is 4.60. The average Bonchev–Trinajstić information content (AvgIpc) is 3.03. The van der Waals surface area contributed by atoms with Crippen LogP contribution >= 0.6 is 11.6 Å². The second-order valence-electron chi connectivity index (χ2n) is 6.32. The lowest BCUT2D eigenvalue weighted by Gasteiger charge is -2.46. The zero-order chi connectivity index (χ0) is 19.7. The minimum atomic E-state index is -0.487. The molecule has 11 nitrogen and oxygen atoms in total. The second kappa shape index (κ2) is 7.27. The molecule has 1 saturated heterocycles. The van der Waals surface area contributed by atoms with Gasteiger partial charge < -0.3 is 20.7 Å². The van der Waals surface area contributed by atoms with Gasteiger partial charge in [0.25, 0.3) is 5.69 Å². The minimum absolute atomic E-state index is 0.0306. The van der Waals surface area contributed by atoms with Crippen LogP contribution in [0.15, 0.2) is 28.0 Å². The molecule has 2 aromatic rings. The SMILES string of the molecule is C[C@@H]1CN(c2ccc([N+](=O)[O-])cc2Cl)C[C@@H](C)N1/C(=N/O)c1nonc1N. The van der Waals surface area contributed by atoms with E-state index in [-0.39, 0.29) is 35.1 Å². The van der Waals surface area contributed by atoms with Crippen LogP contribution < -0.4 is 10.6 Å². The van der Waals surface area contributed by atoms with Crippen molar-refractivity contribution in [1.29, 1.82) is 0 Å². The molecule has 2 heterocycles. The first kappa shape index (κ1) is 18.7. The summed E-state index contributed by atoms with van der Waals surface area (Å²) in [6.07, 6.45) is 0. The third-order valence-corrected chi connectivity index (χ3v) is 4.77. The summed E-state index contributed by atoms with van der Waals surface area (Å²) in [4.78, 5) is 14.3. The summed E-state index contributed by atoms with van der Waals surface area (Å²) in [5, 5.41) is 31.3. The smallest absolute Gasteiger partial charge is 0.271 e. The van der Waals surface area contributed by atoms with Crippen molar-refractivity contribution in [2.75, 3.05) is 23.7 Å². The Morgan fingerprint density at radius 2 is 2.07 bits per heavy atom. The topological polar surface area (TPSA) is 147 Å². The zero-order valence-corrected chi connectivity index (χ0v) is 15.4. The maximum atomic E-state index is 10.9. The molecule has 1 aliphatic rings. The van der Waals surface area contributed by atoms with Gasteiger partial charge in [-0.2, -0.15) is 0 Å². The third kappa shape index (κ3) is 3.45. The van der Waals surface area contributed by atoms with E-state index < -0.39 is 4.92 Å². The highest BCUT2D eigenvalue weighted by molar-refractivity contribution is 6.33. The van der Waals surface area contributed by atoms with Gasteiger partial charge in [-0.3, -0.25) is 10.1 Å². The van der Waals surface area contributed by atoms with Crippen LogP contribution in [-0.2, 0) is 0 Å². The van der Waals surface area contributed by atoms with E-state index in [1.54, 1.807) is 6.07 Å². The number of anilines is 2. The summed E-state index contributed by atoms with van der Waals surface area (Å²) in [5.41, 5.74) is 6.52. The van der Waals surface area contributed by atoms with E-state index in [0.717, 1.165) is 0 Å². The Balaban J connectivity index is 1.85. The van der Waals surface area contributed by atoms with Crippen molar-refractivity contribution >= 4 is 34.6 Å². The van der Waals surface area contributed by atoms with Crippen molar-refractivity contribution in [2.24, 2.45) is 5.16 Å². The largest absolute Gasteiger partial charge is 0.409 e. The van der Waals surface area contributed by atoms with Gasteiger partial charge in [-0.1, -0.05) is 16.8 Å². The number of hydrogen-bond acceptors (Lipinski definition) is 9. The van der Waals surface area contributed by atoms with E-state index >= 15 is 0 Å². The molecule has 0 saturated carbocycles. The van der Waals surface area contributed by atoms with Gasteiger partial charge >= 0.3 is 0 Å². The molecular weight excluding hydrogens is 378 g/mol. The minimum Gasteiger partial charge on any atom is -0.409 e. The number of nitro benzene ring substituents is 1. The van der Waals surface area contributed by atoms with Gasteiger partial charge in [0.05, 0.1) is 15.6 Å². The van der Waals surface area contributed by atoms with Crippen molar-refractivity contribution in [3.8, 4) is 0 Å². The monoisotopic (exact) mass is 395 g/mol. The van der Waals surface area contributed by atoms with Crippen LogP contribution in [0.5, 0.6) is 0 Å². The summed E-state index contributed by atoms with van der Waals surface area (Å²) >= 11 is 6.26. The molecule has 0 aliphatic carbocycles. The molecule has 1 fully saturated rings. The van der Waals surface area contributed by atoms with Gasteiger partial charge in [0.2, 0.25) is 5.84 Å². The average molecular weight is 396 g/mol. The number of amidine groups is 1. The maximum Gasteiger partial charge on any atom is 0.271 e. The molecule has 0 unspecified atom stereocenters. The molecule has 0 bridgehead atoms. The summed E-state index contributed by atoms with van der Waals surface area (Å²) in [6.45, 7) is 4.95. The number of nitrogen functional groups attached to an aromatic ring is 1. The van der Waals surface area contributed by atoms with Crippen LogP contribution in [0.3, 0.4) is 0 Å². The number of halogens is 1. The molecular formula is C15H18ClN7O4. The highest BCUT2D eigenvalue weighted by Gasteiger charge is 2.35. The maximum absolute atomic E-state index is 10.9. The fourth-order valence-electron chi connectivity index (χ4n) is 3.37. The molecule has 0 radical (unpaired) electrons. The Hall–Kier alpha value is -3.08. The lowest BCUT2D eigenvalue weighted by molar-refractivity contribution is -0.384. The number of benzene rings is 1. The van der Waals surface area contributed by atoms with Crippen molar-refractivity contribution in [3.05, 3.63) is 39.0 Å². The first-order chi connectivity index (χ1) is 12.8. The van der Waals surface area contributed by atoms with Gasteiger partial charge in [0.15, 0.2) is 11.5 Å². The number of hydrogen-bond donors (Lipinski definition) is 2. The van der Waals surface area contributed by atoms with E-state index in [4.69, 9.17) is 17.3 Å². The number of aromatic nitrogens is 2. The molecule has 0 spiro atoms. The lowest BCUT2D eigenvalue weighted by atomic mass is 10.1. The molecule has 2 atom stereocenters. The lowest BCUT2D eigenvalue weighted by Crippen LogP contribution is -2.59. The van der Waals surface area contributed by atoms with Gasteiger partial charge in [-0.05, 0) is 30.2 Å². The van der Waals surface area contributed by atoms with Crippen molar-refractivity contribution in [2.45, 2.75) is 25.9 Å². The molecule has 1 aliphatic heterocycles. The molecule has 1 aromatic carbocycles. The van der Waals surface area contributed by atoms with Crippen molar-refractivity contribution < 1.29 is 14.8 Å². The Labute approximate surface area is 159 Å². The van der Waals surface area contributed by atoms with E-state index in [1.165, 1.54) is 12.1 Å². The number of nitrogens with zero attached hydrogens (tertiary/aromatic N) is 6. The van der Waals surface area contributed by atoms with Gasteiger partial charge in [-0.25, -0.2) is 4.63 Å². The Morgan fingerprint density at radius 1 is 1.41 bits per heavy atom. The predicted molar refractivity (Wildman–Crippen MR) is 98.1 cm³/mol. The Bertz CT molecular complexity index is 875. The fraction of sp³-hybridized carbons (Fsp3) is 0.400. The Morgan fingerprint density at radius 3 is 2.56 bits per heavy atom. The van der Waals surface area contributed by atoms with Crippen LogP contribution in [0, 0.1) is 10.1 Å². The molecule has 0 amide bonds. The molecule has 3 N–H and O–H groups in total. The van der Waals surface area contributed by atoms with E-state index in [2.05, 4.69) is 20.1 Å². The Kier molecular flexibility index (Phi) is 5.04.